The number of aryl methyl sites for hydroxylation is 1. The highest BCUT2D eigenvalue weighted by molar-refractivity contribution is 5.85. The van der Waals surface area contributed by atoms with Crippen LogP contribution in [0.15, 0.2) is 30.3 Å². The summed E-state index contributed by atoms with van der Waals surface area (Å²) < 4.78 is 0. The second-order valence-electron chi connectivity index (χ2n) is 3.24. The first-order valence-electron chi connectivity index (χ1n) is 4.58. The average Bonchev–Trinajstić information content (AvgIpc) is 2.16. The van der Waals surface area contributed by atoms with Gasteiger partial charge in [0.25, 0.3) is 0 Å². The van der Waals surface area contributed by atoms with Gasteiger partial charge < -0.3 is 5.32 Å². The van der Waals surface area contributed by atoms with E-state index in [1.165, 1.54) is 13.0 Å². The van der Waals surface area contributed by atoms with Gasteiger partial charge in [-0.25, -0.2) is 0 Å². The quantitative estimate of drug-likeness (QED) is 0.742. The molecule has 76 valence electrons. The number of hydrogen-bond donors (Lipinski definition) is 1. The number of hydrogen-bond acceptors (Lipinski definition) is 2. The fourth-order valence-corrected chi connectivity index (χ4v) is 1.26. The number of allylic oxidation sites excluding steroid dienone is 1. The molecule has 3 heteroatoms. The van der Waals surface area contributed by atoms with Crippen molar-refractivity contribution >= 4 is 11.6 Å². The molecular weight excluding hydrogens is 188 g/mol. The number of nitriles is 1. The molecule has 0 saturated carbocycles. The lowest BCUT2D eigenvalue weighted by Gasteiger charge is -2.07. The molecule has 0 spiro atoms. The minimum Gasteiger partial charge on any atom is -0.325 e. The summed E-state index contributed by atoms with van der Waals surface area (Å²) in [5.41, 5.74) is 2.46. The highest BCUT2D eigenvalue weighted by Gasteiger charge is 2.02. The molecule has 0 aromatic heterocycles. The van der Waals surface area contributed by atoms with Crippen LogP contribution in [0.4, 0.5) is 0 Å². The summed E-state index contributed by atoms with van der Waals surface area (Å²) in [6.45, 7) is 3.38. The normalized spacial score (nSPS) is 10.6. The summed E-state index contributed by atoms with van der Waals surface area (Å²) in [6, 6.07) is 9.53. The highest BCUT2D eigenvalue weighted by Crippen LogP contribution is 2.12. The van der Waals surface area contributed by atoms with Crippen LogP contribution in [-0.2, 0) is 4.79 Å². The van der Waals surface area contributed by atoms with Gasteiger partial charge in [0.15, 0.2) is 0 Å². The van der Waals surface area contributed by atoms with Crippen LogP contribution in [0.25, 0.3) is 5.70 Å². The van der Waals surface area contributed by atoms with E-state index in [1.54, 1.807) is 0 Å². The third-order valence-corrected chi connectivity index (χ3v) is 1.85. The number of amides is 1. The van der Waals surface area contributed by atoms with Crippen LogP contribution in [0.3, 0.4) is 0 Å². The zero-order valence-electron chi connectivity index (χ0n) is 8.74. The lowest BCUT2D eigenvalue weighted by molar-refractivity contribution is -0.117. The minimum absolute atomic E-state index is 0.182. The van der Waals surface area contributed by atoms with E-state index in [9.17, 15) is 4.79 Å². The fourth-order valence-electron chi connectivity index (χ4n) is 1.26. The van der Waals surface area contributed by atoms with Crippen molar-refractivity contribution in [1.82, 2.24) is 5.32 Å². The van der Waals surface area contributed by atoms with Crippen LogP contribution in [0.5, 0.6) is 0 Å². The Morgan fingerprint density at radius 2 is 2.27 bits per heavy atom. The van der Waals surface area contributed by atoms with Crippen LogP contribution < -0.4 is 5.32 Å². The molecule has 0 aliphatic heterocycles. The van der Waals surface area contributed by atoms with Crippen molar-refractivity contribution in [2.24, 2.45) is 0 Å². The predicted molar refractivity (Wildman–Crippen MR) is 58.6 cm³/mol. The van der Waals surface area contributed by atoms with Crippen LogP contribution in [-0.4, -0.2) is 5.91 Å². The molecular formula is C12H12N2O. The maximum absolute atomic E-state index is 10.9. The molecule has 15 heavy (non-hydrogen) atoms. The van der Waals surface area contributed by atoms with Crippen molar-refractivity contribution in [3.05, 3.63) is 41.5 Å². The lowest BCUT2D eigenvalue weighted by Crippen LogP contribution is -2.18. The number of rotatable bonds is 2. The Balaban J connectivity index is 3.06. The van der Waals surface area contributed by atoms with Gasteiger partial charge >= 0.3 is 0 Å². The van der Waals surface area contributed by atoms with Gasteiger partial charge in [-0.2, -0.15) is 5.26 Å². The van der Waals surface area contributed by atoms with Gasteiger partial charge in [-0.05, 0) is 18.6 Å². The van der Waals surface area contributed by atoms with E-state index in [4.69, 9.17) is 5.26 Å². The molecule has 0 aliphatic rings. The maximum atomic E-state index is 10.9. The molecule has 0 bridgehead atoms. The van der Waals surface area contributed by atoms with Gasteiger partial charge in [-0.1, -0.05) is 23.8 Å². The van der Waals surface area contributed by atoms with Crippen LogP contribution in [0.2, 0.25) is 0 Å². The van der Waals surface area contributed by atoms with Gasteiger partial charge in [0, 0.05) is 13.0 Å². The zero-order chi connectivity index (χ0) is 11.3. The van der Waals surface area contributed by atoms with Crippen LogP contribution >= 0.6 is 0 Å². The summed E-state index contributed by atoms with van der Waals surface area (Å²) in [6.07, 6.45) is 1.33. The Bertz CT molecular complexity index is 441. The SMILES string of the molecule is CC(=O)N/C(=C/C#N)c1cccc(C)c1. The fraction of sp³-hybridized carbons (Fsp3) is 0.167. The third kappa shape index (κ3) is 3.28. The maximum Gasteiger partial charge on any atom is 0.221 e. The molecule has 1 aromatic carbocycles. The van der Waals surface area contributed by atoms with Crippen molar-refractivity contribution in [3.8, 4) is 6.07 Å². The molecule has 0 radical (unpaired) electrons. The van der Waals surface area contributed by atoms with E-state index in [-0.39, 0.29) is 5.91 Å². The minimum atomic E-state index is -0.182. The largest absolute Gasteiger partial charge is 0.325 e. The molecule has 0 unspecified atom stereocenters. The number of carbonyl (C=O) groups excluding carboxylic acids is 1. The van der Waals surface area contributed by atoms with Crippen molar-refractivity contribution in [2.45, 2.75) is 13.8 Å². The second kappa shape index (κ2) is 4.97. The Morgan fingerprint density at radius 3 is 2.80 bits per heavy atom. The van der Waals surface area contributed by atoms with E-state index >= 15 is 0 Å². The van der Waals surface area contributed by atoms with Crippen molar-refractivity contribution < 1.29 is 4.79 Å². The molecule has 1 amide bonds. The zero-order valence-corrected chi connectivity index (χ0v) is 8.74. The van der Waals surface area contributed by atoms with E-state index in [2.05, 4.69) is 5.32 Å². The number of benzene rings is 1. The van der Waals surface area contributed by atoms with Gasteiger partial charge in [-0.15, -0.1) is 0 Å². The van der Waals surface area contributed by atoms with Crippen molar-refractivity contribution in [3.63, 3.8) is 0 Å². The summed E-state index contributed by atoms with van der Waals surface area (Å²) in [7, 11) is 0. The summed E-state index contributed by atoms with van der Waals surface area (Å²) in [5, 5.41) is 11.2. The number of nitrogens with one attached hydrogen (secondary N) is 1. The van der Waals surface area contributed by atoms with Crippen LogP contribution in [0, 0.1) is 18.3 Å². The van der Waals surface area contributed by atoms with Crippen molar-refractivity contribution in [1.29, 1.82) is 5.26 Å². The van der Waals surface area contributed by atoms with Crippen LogP contribution in [0.1, 0.15) is 18.1 Å². The molecule has 3 nitrogen and oxygen atoms in total. The Kier molecular flexibility index (Phi) is 3.64. The molecule has 0 saturated heterocycles. The summed E-state index contributed by atoms with van der Waals surface area (Å²) >= 11 is 0. The molecule has 0 aliphatic carbocycles. The average molecular weight is 200 g/mol. The molecule has 1 rings (SSSR count). The highest BCUT2D eigenvalue weighted by atomic mass is 16.1. The first kappa shape index (κ1) is 11.0. The van der Waals surface area contributed by atoms with E-state index in [0.717, 1.165) is 11.1 Å². The number of nitrogens with zero attached hydrogens (tertiary/aromatic N) is 1. The Hall–Kier alpha value is -2.08. The standard InChI is InChI=1S/C12H12N2O/c1-9-4-3-5-11(8-9)12(6-7-13)14-10(2)15/h3-6,8H,1-2H3,(H,14,15)/b12-6+. The predicted octanol–water partition coefficient (Wildman–Crippen LogP) is 2.00. The number of carbonyl (C=O) groups is 1. The van der Waals surface area contributed by atoms with E-state index in [0.29, 0.717) is 5.70 Å². The monoisotopic (exact) mass is 200 g/mol. The first-order valence-corrected chi connectivity index (χ1v) is 4.58. The molecule has 0 heterocycles. The van der Waals surface area contributed by atoms with Gasteiger partial charge in [0.2, 0.25) is 5.91 Å². The summed E-state index contributed by atoms with van der Waals surface area (Å²) in [4.78, 5) is 10.9. The van der Waals surface area contributed by atoms with E-state index < -0.39 is 0 Å². The lowest BCUT2D eigenvalue weighted by atomic mass is 10.1. The van der Waals surface area contributed by atoms with Crippen molar-refractivity contribution in [2.75, 3.05) is 0 Å². The van der Waals surface area contributed by atoms with Gasteiger partial charge in [-0.3, -0.25) is 4.79 Å². The van der Waals surface area contributed by atoms with E-state index in [1.807, 2.05) is 37.3 Å². The van der Waals surface area contributed by atoms with Gasteiger partial charge in [0.1, 0.15) is 0 Å². The first-order chi connectivity index (χ1) is 7.13. The Morgan fingerprint density at radius 1 is 1.53 bits per heavy atom. The Labute approximate surface area is 89.0 Å². The molecule has 0 fully saturated rings. The molecule has 0 atom stereocenters. The molecule has 1 aromatic rings. The van der Waals surface area contributed by atoms with Gasteiger partial charge in [0.05, 0.1) is 11.8 Å². The third-order valence-electron chi connectivity index (χ3n) is 1.85. The second-order valence-corrected chi connectivity index (χ2v) is 3.24. The topological polar surface area (TPSA) is 52.9 Å². The summed E-state index contributed by atoms with van der Waals surface area (Å²) in [5.74, 6) is -0.182. The molecule has 1 N–H and O–H groups in total. The smallest absolute Gasteiger partial charge is 0.221 e.